The van der Waals surface area contributed by atoms with E-state index in [-0.39, 0.29) is 17.1 Å². The predicted octanol–water partition coefficient (Wildman–Crippen LogP) is 5.44. The fraction of sp³-hybridized carbons (Fsp3) is 0.143. The van der Waals surface area contributed by atoms with Crippen molar-refractivity contribution in [2.75, 3.05) is 0 Å². The highest BCUT2D eigenvalue weighted by atomic mass is 32.1. The van der Waals surface area contributed by atoms with Gasteiger partial charge in [0.1, 0.15) is 0 Å². The van der Waals surface area contributed by atoms with Crippen molar-refractivity contribution in [3.8, 4) is 10.4 Å². The summed E-state index contributed by atoms with van der Waals surface area (Å²) in [5, 5.41) is 2.22. The number of thiophene rings is 1. The van der Waals surface area contributed by atoms with Gasteiger partial charge in [-0.25, -0.2) is 0 Å². The normalized spacial score (nSPS) is 10.6. The lowest BCUT2D eigenvalue weighted by Crippen LogP contribution is -2.05. The van der Waals surface area contributed by atoms with Crippen LogP contribution in [0.4, 0.5) is 0 Å². The Kier molecular flexibility index (Phi) is 4.45. The third-order valence-electron chi connectivity index (χ3n) is 4.07. The predicted molar refractivity (Wildman–Crippen MR) is 101 cm³/mol. The molecule has 120 valence electrons. The van der Waals surface area contributed by atoms with Crippen molar-refractivity contribution >= 4 is 39.8 Å². The largest absolute Gasteiger partial charge is 0.294 e. The van der Waals surface area contributed by atoms with Crippen molar-refractivity contribution < 1.29 is 9.59 Å². The Morgan fingerprint density at radius 3 is 2.08 bits per heavy atom. The van der Waals surface area contributed by atoms with E-state index in [2.05, 4.69) is 25.1 Å². The third kappa shape index (κ3) is 2.95. The average Bonchev–Trinajstić information content (AvgIpc) is 2.91. The van der Waals surface area contributed by atoms with E-state index in [0.717, 1.165) is 15.6 Å². The van der Waals surface area contributed by atoms with Gasteiger partial charge in [0.25, 0.3) is 0 Å². The Morgan fingerprint density at radius 2 is 1.46 bits per heavy atom. The number of ketones is 2. The van der Waals surface area contributed by atoms with Crippen LogP contribution < -0.4 is 0 Å². The first-order chi connectivity index (χ1) is 11.5. The maximum absolute atomic E-state index is 11.8. The summed E-state index contributed by atoms with van der Waals surface area (Å²) in [4.78, 5) is 25.7. The van der Waals surface area contributed by atoms with Gasteiger partial charge in [0.05, 0.1) is 5.57 Å². The highest BCUT2D eigenvalue weighted by Crippen LogP contribution is 2.40. The van der Waals surface area contributed by atoms with E-state index in [1.165, 1.54) is 29.9 Å². The molecular formula is C21H18O2S. The van der Waals surface area contributed by atoms with Crippen molar-refractivity contribution in [3.63, 3.8) is 0 Å². The summed E-state index contributed by atoms with van der Waals surface area (Å²) in [6, 6.07) is 16.4. The topological polar surface area (TPSA) is 34.1 Å². The number of hydrogen-bond donors (Lipinski definition) is 0. The van der Waals surface area contributed by atoms with Gasteiger partial charge in [0.2, 0.25) is 0 Å². The molecule has 0 atom stereocenters. The molecule has 0 fully saturated rings. The summed E-state index contributed by atoms with van der Waals surface area (Å²) >= 11 is 1.62. The Labute approximate surface area is 145 Å². The van der Waals surface area contributed by atoms with Crippen molar-refractivity contribution in [3.05, 3.63) is 64.5 Å². The molecule has 0 saturated carbocycles. The van der Waals surface area contributed by atoms with E-state index in [0.29, 0.717) is 0 Å². The van der Waals surface area contributed by atoms with Gasteiger partial charge in [0.15, 0.2) is 11.6 Å². The molecule has 0 bridgehead atoms. The number of aryl methyl sites for hydroxylation is 1. The quantitative estimate of drug-likeness (QED) is 0.362. The average molecular weight is 334 g/mol. The fourth-order valence-electron chi connectivity index (χ4n) is 2.83. The van der Waals surface area contributed by atoms with E-state index in [1.807, 2.05) is 30.3 Å². The highest BCUT2D eigenvalue weighted by Gasteiger charge is 2.15. The van der Waals surface area contributed by atoms with Crippen LogP contribution in [-0.2, 0) is 9.59 Å². The van der Waals surface area contributed by atoms with Crippen LogP contribution >= 0.6 is 11.3 Å². The number of allylic oxidation sites excluding steroid dienone is 1. The van der Waals surface area contributed by atoms with Gasteiger partial charge < -0.3 is 0 Å². The zero-order valence-corrected chi connectivity index (χ0v) is 14.7. The molecular weight excluding hydrogens is 316 g/mol. The third-order valence-corrected chi connectivity index (χ3v) is 5.27. The summed E-state index contributed by atoms with van der Waals surface area (Å²) in [6.07, 6.45) is 1.74. The van der Waals surface area contributed by atoms with Crippen LogP contribution in [0.2, 0.25) is 0 Å². The number of benzene rings is 2. The Morgan fingerprint density at radius 1 is 0.875 bits per heavy atom. The number of carbonyl (C=O) groups excluding carboxylic acids is 2. The molecule has 2 nitrogen and oxygen atoms in total. The van der Waals surface area contributed by atoms with Crippen LogP contribution in [-0.4, -0.2) is 11.6 Å². The number of fused-ring (bicyclic) bond motifs is 1. The highest BCUT2D eigenvalue weighted by molar-refractivity contribution is 7.18. The van der Waals surface area contributed by atoms with Gasteiger partial charge in [-0.3, -0.25) is 9.59 Å². The van der Waals surface area contributed by atoms with E-state index < -0.39 is 0 Å². The number of rotatable bonds is 4. The van der Waals surface area contributed by atoms with Crippen molar-refractivity contribution in [2.45, 2.75) is 20.8 Å². The number of Topliss-reactive ketones (excluding diaryl/α,β-unsaturated/α-hetero) is 2. The molecule has 0 spiro atoms. The van der Waals surface area contributed by atoms with Crippen LogP contribution in [0.15, 0.2) is 54.1 Å². The maximum atomic E-state index is 11.8. The Balaban J connectivity index is 2.29. The molecule has 3 aromatic rings. The monoisotopic (exact) mass is 334 g/mol. The summed E-state index contributed by atoms with van der Waals surface area (Å²) < 4.78 is 0. The van der Waals surface area contributed by atoms with Gasteiger partial charge in [-0.05, 0) is 38.0 Å². The molecule has 0 N–H and O–H groups in total. The minimum absolute atomic E-state index is 0.197. The van der Waals surface area contributed by atoms with Gasteiger partial charge in [-0.2, -0.15) is 0 Å². The first-order valence-corrected chi connectivity index (χ1v) is 8.62. The number of hydrogen-bond acceptors (Lipinski definition) is 3. The smallest absolute Gasteiger partial charge is 0.163 e. The van der Waals surface area contributed by atoms with Gasteiger partial charge >= 0.3 is 0 Å². The van der Waals surface area contributed by atoms with Crippen molar-refractivity contribution in [2.24, 2.45) is 0 Å². The lowest BCUT2D eigenvalue weighted by molar-refractivity contribution is -0.119. The second-order valence-corrected chi connectivity index (χ2v) is 6.88. The molecule has 0 aliphatic heterocycles. The molecule has 0 amide bonds. The molecule has 1 aromatic heterocycles. The molecule has 0 unspecified atom stereocenters. The van der Waals surface area contributed by atoms with Crippen molar-refractivity contribution in [1.82, 2.24) is 0 Å². The van der Waals surface area contributed by atoms with Crippen LogP contribution in [0, 0.1) is 6.92 Å². The summed E-state index contributed by atoms with van der Waals surface area (Å²) in [7, 11) is 0. The van der Waals surface area contributed by atoms with E-state index in [4.69, 9.17) is 0 Å². The molecule has 0 radical (unpaired) electrons. The van der Waals surface area contributed by atoms with Crippen molar-refractivity contribution in [1.29, 1.82) is 0 Å². The first-order valence-electron chi connectivity index (χ1n) is 7.80. The fourth-order valence-corrected chi connectivity index (χ4v) is 4.14. The minimum Gasteiger partial charge on any atom is -0.294 e. The van der Waals surface area contributed by atoms with Gasteiger partial charge in [0, 0.05) is 20.5 Å². The molecule has 3 heteroatoms. The Hall–Kier alpha value is -2.52. The van der Waals surface area contributed by atoms with Crippen LogP contribution in [0.1, 0.15) is 24.3 Å². The zero-order chi connectivity index (χ0) is 17.3. The molecule has 0 aliphatic rings. The molecule has 24 heavy (non-hydrogen) atoms. The molecule has 3 rings (SSSR count). The van der Waals surface area contributed by atoms with E-state index in [1.54, 1.807) is 17.4 Å². The van der Waals surface area contributed by atoms with Crippen LogP contribution in [0.3, 0.4) is 0 Å². The summed E-state index contributed by atoms with van der Waals surface area (Å²) in [5.41, 5.74) is 2.64. The lowest BCUT2D eigenvalue weighted by atomic mass is 10.0. The first kappa shape index (κ1) is 16.3. The van der Waals surface area contributed by atoms with Crippen LogP contribution in [0.25, 0.3) is 27.3 Å². The van der Waals surface area contributed by atoms with E-state index >= 15 is 0 Å². The molecule has 0 aliphatic carbocycles. The Bertz CT molecular complexity index is 960. The molecule has 0 saturated heterocycles. The van der Waals surface area contributed by atoms with Gasteiger partial charge in [-0.1, -0.05) is 48.5 Å². The van der Waals surface area contributed by atoms with E-state index in [9.17, 15) is 9.59 Å². The second kappa shape index (κ2) is 6.54. The molecule has 1 heterocycles. The standard InChI is InChI=1S/C21H18O2S/c1-13-8-4-5-9-16(13)21-18-11-7-6-10-17(18)20(24-21)12-19(14(2)22)15(3)23/h4-12H,1-3H3. The lowest BCUT2D eigenvalue weighted by Gasteiger charge is -2.03. The van der Waals surface area contributed by atoms with Gasteiger partial charge in [-0.15, -0.1) is 11.3 Å². The number of carbonyl (C=O) groups is 2. The SMILES string of the molecule is CC(=O)C(=Cc1sc(-c2ccccc2C)c2ccccc12)C(C)=O. The summed E-state index contributed by atoms with van der Waals surface area (Å²) in [5.74, 6) is -0.394. The zero-order valence-electron chi connectivity index (χ0n) is 13.9. The maximum Gasteiger partial charge on any atom is 0.163 e. The summed E-state index contributed by atoms with van der Waals surface area (Å²) in [6.45, 7) is 4.96. The minimum atomic E-state index is -0.197. The van der Waals surface area contributed by atoms with Crippen LogP contribution in [0.5, 0.6) is 0 Å². The second-order valence-electron chi connectivity index (χ2n) is 5.83. The molecule has 2 aromatic carbocycles.